The smallest absolute Gasteiger partial charge is 0.164 e. The minimum atomic E-state index is 0.560. The molecule has 0 spiro atoms. The molecule has 16 aromatic rings. The van der Waals surface area contributed by atoms with Gasteiger partial charge in [0.1, 0.15) is 11.2 Å². The van der Waals surface area contributed by atoms with Crippen molar-refractivity contribution >= 4 is 97.9 Å². The molecule has 0 N–H and O–H groups in total. The van der Waals surface area contributed by atoms with E-state index in [9.17, 15) is 0 Å². The van der Waals surface area contributed by atoms with Crippen molar-refractivity contribution in [1.29, 1.82) is 0 Å². The van der Waals surface area contributed by atoms with Gasteiger partial charge in [0.25, 0.3) is 0 Å². The highest BCUT2D eigenvalue weighted by Crippen LogP contribution is 2.42. The van der Waals surface area contributed by atoms with Gasteiger partial charge in [-0.3, -0.25) is 0 Å². The Bertz CT molecular complexity index is 5010. The standard InChI is InChI=1S/C69H41N5O/c1-3-14-42(15-4-1)45-19-13-20-48(36-45)67-70-68(49-28-32-55-54-24-11-12-25-60(54)73(61(55)39-49)51-21-5-2-6-22-51)72-69(71-67)50-29-34-57-64(40-50)75-63-35-30-44-26-31-52(41-58(44)65(57)63)74-62-38-47-18-8-7-17-46(47)37-59(62)56-33-27-43-16-9-10-23-53(43)66(56)74/h1-41H. The molecule has 0 atom stereocenters. The van der Waals surface area contributed by atoms with E-state index in [1.807, 2.05) is 6.07 Å². The van der Waals surface area contributed by atoms with E-state index < -0.39 is 0 Å². The Morgan fingerprint density at radius 2 is 0.840 bits per heavy atom. The Labute approximate surface area is 429 Å². The molecule has 0 amide bonds. The topological polar surface area (TPSA) is 61.7 Å². The number of hydrogen-bond donors (Lipinski definition) is 0. The van der Waals surface area contributed by atoms with Gasteiger partial charge in [-0.25, -0.2) is 15.0 Å². The number of para-hydroxylation sites is 2. The van der Waals surface area contributed by atoms with Crippen LogP contribution in [0.5, 0.6) is 0 Å². The molecular formula is C69H41N5O. The number of fused-ring (bicyclic) bond motifs is 14. The van der Waals surface area contributed by atoms with Crippen LogP contribution in [0.25, 0.3) is 155 Å². The predicted molar refractivity (Wildman–Crippen MR) is 310 cm³/mol. The van der Waals surface area contributed by atoms with Crippen molar-refractivity contribution in [3.8, 4) is 56.7 Å². The number of nitrogens with zero attached hydrogens (tertiary/aromatic N) is 5. The third-order valence-corrected chi connectivity index (χ3v) is 15.3. The number of furan rings is 1. The molecule has 0 unspecified atom stereocenters. The van der Waals surface area contributed by atoms with Crippen LogP contribution in [0, 0.1) is 0 Å². The summed E-state index contributed by atoms with van der Waals surface area (Å²) in [5.74, 6) is 1.73. The second-order valence-electron chi connectivity index (χ2n) is 19.6. The number of hydrogen-bond acceptors (Lipinski definition) is 4. The van der Waals surface area contributed by atoms with Crippen LogP contribution in [0.3, 0.4) is 0 Å². The van der Waals surface area contributed by atoms with Gasteiger partial charge < -0.3 is 13.6 Å². The quantitative estimate of drug-likeness (QED) is 0.167. The van der Waals surface area contributed by atoms with Gasteiger partial charge in [-0.05, 0) is 111 Å². The van der Waals surface area contributed by atoms with Gasteiger partial charge in [0.15, 0.2) is 17.5 Å². The maximum Gasteiger partial charge on any atom is 0.164 e. The van der Waals surface area contributed by atoms with Gasteiger partial charge in [0, 0.05) is 65.8 Å². The Morgan fingerprint density at radius 3 is 1.65 bits per heavy atom. The van der Waals surface area contributed by atoms with Gasteiger partial charge in [-0.1, -0.05) is 176 Å². The summed E-state index contributed by atoms with van der Waals surface area (Å²) in [5.41, 5.74) is 13.2. The monoisotopic (exact) mass is 955 g/mol. The Hall–Kier alpha value is -10.2. The largest absolute Gasteiger partial charge is 0.456 e. The lowest BCUT2D eigenvalue weighted by Crippen LogP contribution is -2.00. The first-order chi connectivity index (χ1) is 37.1. The van der Waals surface area contributed by atoms with Crippen molar-refractivity contribution in [2.24, 2.45) is 0 Å². The van der Waals surface area contributed by atoms with Crippen LogP contribution in [0.4, 0.5) is 0 Å². The van der Waals surface area contributed by atoms with Crippen LogP contribution in [-0.4, -0.2) is 24.1 Å². The van der Waals surface area contributed by atoms with Crippen LogP contribution in [0.15, 0.2) is 253 Å². The normalized spacial score (nSPS) is 12.0. The van der Waals surface area contributed by atoms with Crippen molar-refractivity contribution < 1.29 is 4.42 Å². The molecule has 4 heterocycles. The predicted octanol–water partition coefficient (Wildman–Crippen LogP) is 18.1. The van der Waals surface area contributed by atoms with Crippen molar-refractivity contribution in [3.05, 3.63) is 249 Å². The summed E-state index contributed by atoms with van der Waals surface area (Å²) in [6.45, 7) is 0. The molecule has 348 valence electrons. The molecule has 6 nitrogen and oxygen atoms in total. The molecule has 0 saturated carbocycles. The van der Waals surface area contributed by atoms with Gasteiger partial charge in [0.05, 0.1) is 22.1 Å². The molecule has 75 heavy (non-hydrogen) atoms. The van der Waals surface area contributed by atoms with Crippen molar-refractivity contribution in [3.63, 3.8) is 0 Å². The summed E-state index contributed by atoms with van der Waals surface area (Å²) in [6, 6.07) is 88.7. The maximum absolute atomic E-state index is 6.85. The molecule has 12 aromatic carbocycles. The fraction of sp³-hybridized carbons (Fsp3) is 0. The molecule has 0 aliphatic rings. The van der Waals surface area contributed by atoms with E-state index in [0.717, 1.165) is 88.3 Å². The van der Waals surface area contributed by atoms with Gasteiger partial charge in [0.2, 0.25) is 0 Å². The SMILES string of the molecule is c1ccc(-c2cccc(-c3nc(-c4ccc5c(c4)oc4ccc6ccc(-n7c8cc9ccccc9cc8c8ccc9ccccc9c87)cc6c45)nc(-c4ccc5c6ccccc6n(-c6ccccc6)c5c4)n3)c2)cc1. The molecule has 0 aliphatic heterocycles. The summed E-state index contributed by atoms with van der Waals surface area (Å²) in [5, 5.41) is 14.1. The first-order valence-corrected chi connectivity index (χ1v) is 25.4. The third kappa shape index (κ3) is 6.50. The summed E-state index contributed by atoms with van der Waals surface area (Å²) in [7, 11) is 0. The molecular weight excluding hydrogens is 915 g/mol. The molecule has 0 bridgehead atoms. The van der Waals surface area contributed by atoms with E-state index in [1.54, 1.807) is 0 Å². The minimum Gasteiger partial charge on any atom is -0.456 e. The molecule has 16 rings (SSSR count). The fourth-order valence-corrected chi connectivity index (χ4v) is 11.8. The van der Waals surface area contributed by atoms with Crippen LogP contribution in [-0.2, 0) is 0 Å². The first kappa shape index (κ1) is 41.4. The summed E-state index contributed by atoms with van der Waals surface area (Å²) in [6.07, 6.45) is 0. The van der Waals surface area contributed by atoms with Gasteiger partial charge in [-0.2, -0.15) is 0 Å². The van der Waals surface area contributed by atoms with Crippen molar-refractivity contribution in [2.45, 2.75) is 0 Å². The zero-order valence-electron chi connectivity index (χ0n) is 40.3. The molecule has 0 fully saturated rings. The molecule has 0 saturated heterocycles. The Morgan fingerprint density at radius 1 is 0.267 bits per heavy atom. The highest BCUT2D eigenvalue weighted by Gasteiger charge is 2.21. The van der Waals surface area contributed by atoms with Gasteiger partial charge in [-0.15, -0.1) is 0 Å². The van der Waals surface area contributed by atoms with E-state index in [0.29, 0.717) is 17.5 Å². The van der Waals surface area contributed by atoms with E-state index in [4.69, 9.17) is 19.4 Å². The lowest BCUT2D eigenvalue weighted by Gasteiger charge is -2.12. The minimum absolute atomic E-state index is 0.560. The Balaban J connectivity index is 0.881. The zero-order chi connectivity index (χ0) is 49.1. The lowest BCUT2D eigenvalue weighted by atomic mass is 10.0. The van der Waals surface area contributed by atoms with Crippen molar-refractivity contribution in [1.82, 2.24) is 24.1 Å². The van der Waals surface area contributed by atoms with E-state index in [1.165, 1.54) is 48.7 Å². The van der Waals surface area contributed by atoms with E-state index in [2.05, 4.69) is 252 Å². The summed E-state index contributed by atoms with van der Waals surface area (Å²) >= 11 is 0. The third-order valence-electron chi connectivity index (χ3n) is 15.3. The number of aromatic nitrogens is 5. The molecule has 0 radical (unpaired) electrons. The lowest BCUT2D eigenvalue weighted by molar-refractivity contribution is 0.669. The van der Waals surface area contributed by atoms with Crippen LogP contribution in [0.2, 0.25) is 0 Å². The van der Waals surface area contributed by atoms with Crippen LogP contribution in [0.1, 0.15) is 0 Å². The molecule has 4 aromatic heterocycles. The maximum atomic E-state index is 6.85. The van der Waals surface area contributed by atoms with E-state index >= 15 is 0 Å². The average Bonchev–Trinajstić information content (AvgIpc) is 4.14. The second-order valence-corrected chi connectivity index (χ2v) is 19.6. The summed E-state index contributed by atoms with van der Waals surface area (Å²) in [4.78, 5) is 15.8. The zero-order valence-corrected chi connectivity index (χ0v) is 40.3. The fourth-order valence-electron chi connectivity index (χ4n) is 11.8. The summed E-state index contributed by atoms with van der Waals surface area (Å²) < 4.78 is 11.6. The highest BCUT2D eigenvalue weighted by atomic mass is 16.3. The van der Waals surface area contributed by atoms with Crippen LogP contribution >= 0.6 is 0 Å². The molecule has 6 heteroatoms. The second kappa shape index (κ2) is 16.2. The van der Waals surface area contributed by atoms with E-state index in [-0.39, 0.29) is 0 Å². The first-order valence-electron chi connectivity index (χ1n) is 25.4. The Kier molecular flexibility index (Phi) is 8.94. The van der Waals surface area contributed by atoms with Crippen LogP contribution < -0.4 is 0 Å². The average molecular weight is 956 g/mol. The number of benzene rings is 12. The molecule has 0 aliphatic carbocycles. The van der Waals surface area contributed by atoms with Crippen molar-refractivity contribution in [2.75, 3.05) is 0 Å². The number of rotatable bonds is 6. The van der Waals surface area contributed by atoms with Gasteiger partial charge >= 0.3 is 0 Å². The highest BCUT2D eigenvalue weighted by molar-refractivity contribution is 6.22.